The Morgan fingerprint density at radius 2 is 0.519 bits per heavy atom. The van der Waals surface area contributed by atoms with Crippen LogP contribution < -0.4 is 26.6 Å². The average molecular weight is 1520 g/mol. The standard InChI is InChI=1S/C58H97N5O41/c1-14(71)59-27-40(84)45(23(10-68)91-51(27)89)99-55-31(63-18(5)75)41(85)46(24(11-69)96-55)101-56-44(88)48(102-58-49(42(86)35(79)22(9-67)95-58)103-53-29(61-16(3)73)38(82)33(77)20(7-65)93-53)36(80)26(98-56)13-90-57-50(104-54-30(62-17(4)74)39(83)34(78)21(8-66)94-54)43(87)47(25(12-70)97-57)100-52-28(60-15(2)72)37(81)32(76)19(6-64)92-52/h19-58,64-70,76-89H,6-13H2,1-5H3,(H,59,71)(H,60,72)(H,61,73)(H,62,74)(H,63,75)/t19-,20-,21-,22-,23-,24-,25-,26-,27-,28-,29-,30-,31-,32-,33-,34-,35-,36-,37-,38-,39-,40-,41-,42+,43+,44+,45-,46-,47-,48+,49+,50+,51-,52+,53+,54+,55+,56+,57+,58-/m1/s1. The highest BCUT2D eigenvalue weighted by atomic mass is 16.8. The summed E-state index contributed by atoms with van der Waals surface area (Å²) < 4.78 is 89.9. The zero-order valence-electron chi connectivity index (χ0n) is 56.3. The Kier molecular flexibility index (Phi) is 30.9. The van der Waals surface area contributed by atoms with Gasteiger partial charge in [0.25, 0.3) is 0 Å². The molecular weight excluding hydrogens is 1420 g/mol. The Morgan fingerprint density at radius 3 is 0.904 bits per heavy atom. The minimum absolute atomic E-state index is 0.775. The number of hydrogen-bond donors (Lipinski definition) is 26. The summed E-state index contributed by atoms with van der Waals surface area (Å²) in [6.45, 7) is -3.74. The first-order chi connectivity index (χ1) is 49.2. The van der Waals surface area contributed by atoms with Crippen LogP contribution in [0.2, 0.25) is 0 Å². The van der Waals surface area contributed by atoms with Crippen LogP contribution in [0.25, 0.3) is 0 Å². The number of ether oxygens (including phenoxy) is 15. The maximum absolute atomic E-state index is 13.0. The molecule has 0 bridgehead atoms. The van der Waals surface area contributed by atoms with Gasteiger partial charge in [0, 0.05) is 34.6 Å². The van der Waals surface area contributed by atoms with Gasteiger partial charge in [-0.1, -0.05) is 0 Å². The molecule has 0 aromatic rings. The van der Waals surface area contributed by atoms with E-state index < -0.39 is 328 Å². The predicted molar refractivity (Wildman–Crippen MR) is 322 cm³/mol. The Bertz CT molecular complexity index is 2770. The third-order valence-electron chi connectivity index (χ3n) is 18.7. The van der Waals surface area contributed by atoms with Gasteiger partial charge >= 0.3 is 0 Å². The lowest BCUT2D eigenvalue weighted by atomic mass is 9.93. The fourth-order valence-electron chi connectivity index (χ4n) is 13.4. The van der Waals surface area contributed by atoms with Crippen molar-refractivity contribution in [2.75, 3.05) is 52.9 Å². The van der Waals surface area contributed by atoms with E-state index in [0.717, 1.165) is 34.6 Å². The van der Waals surface area contributed by atoms with E-state index >= 15 is 0 Å². The summed E-state index contributed by atoms with van der Waals surface area (Å²) in [5.74, 6) is -4.28. The van der Waals surface area contributed by atoms with Crippen molar-refractivity contribution >= 4 is 29.5 Å². The average Bonchev–Trinajstić information content (AvgIpc) is 0.774. The quantitative estimate of drug-likeness (QED) is 0.0363. The second kappa shape index (κ2) is 37.5. The number of carbonyl (C=O) groups is 5. The van der Waals surface area contributed by atoms with E-state index in [-0.39, 0.29) is 0 Å². The number of carbonyl (C=O) groups excluding carboxylic acids is 5. The molecule has 40 atom stereocenters. The van der Waals surface area contributed by atoms with Crippen molar-refractivity contribution in [2.24, 2.45) is 0 Å². The lowest BCUT2D eigenvalue weighted by molar-refractivity contribution is -0.398. The smallest absolute Gasteiger partial charge is 0.217 e. The molecule has 104 heavy (non-hydrogen) atoms. The van der Waals surface area contributed by atoms with Crippen LogP contribution in [0.3, 0.4) is 0 Å². The molecular formula is C58H97N5O41. The molecule has 46 heteroatoms. The SMILES string of the molecule is CC(=O)N[C@@H]1[C@@H](O)[C@H](O[C@@H]2O[C@H](CO)[C@@H](O[C@@H]3O[C@H](CO[C@H]4O[C@H](CO)[C@@H](O[C@@H]5O[C@H](CO)[C@@H](O)[C@H](O)[C@H]5NC(C)=O)[C@H](O)[C@@H]4O[C@@H]4O[C@H](CO)[C@@H](O)[C@H](O)[C@H]4NC(C)=O)[C@@H](O)[C@H](O[C@H]4O[C@H](CO)[C@@H](O)[C@H](O)[C@@H]4O[C@@H]4O[C@H](CO)[C@@H](O)[C@H](O)[C@H]4NC(C)=O)[C@@H]3O)[C@H](O)[C@H]2NC(C)=O)[C@@H](CO)O[C@H]1O. The Morgan fingerprint density at radius 1 is 0.250 bits per heavy atom. The van der Waals surface area contributed by atoms with Crippen LogP contribution in [-0.2, 0) is 95.0 Å². The third-order valence-corrected chi connectivity index (χ3v) is 18.7. The van der Waals surface area contributed by atoms with Gasteiger partial charge in [-0.05, 0) is 0 Å². The second-order valence-electron chi connectivity index (χ2n) is 26.1. The molecule has 0 unspecified atom stereocenters. The van der Waals surface area contributed by atoms with Crippen molar-refractivity contribution in [2.45, 2.75) is 280 Å². The number of nitrogens with one attached hydrogen (secondary N) is 5. The number of hydrogen-bond acceptors (Lipinski definition) is 41. The lowest BCUT2D eigenvalue weighted by Gasteiger charge is -2.51. The zero-order chi connectivity index (χ0) is 76.8. The lowest BCUT2D eigenvalue weighted by Crippen LogP contribution is -2.71. The molecule has 600 valence electrons. The molecule has 5 amide bonds. The maximum atomic E-state index is 13.0. The summed E-state index contributed by atoms with van der Waals surface area (Å²) in [4.78, 5) is 62.7. The van der Waals surface area contributed by atoms with Crippen molar-refractivity contribution in [3.05, 3.63) is 0 Å². The number of amides is 5. The molecule has 0 aromatic carbocycles. The van der Waals surface area contributed by atoms with E-state index in [1.165, 1.54) is 0 Å². The van der Waals surface area contributed by atoms with Gasteiger partial charge in [0.1, 0.15) is 195 Å². The van der Waals surface area contributed by atoms with Gasteiger partial charge in [-0.25, -0.2) is 0 Å². The van der Waals surface area contributed by atoms with E-state index in [2.05, 4.69) is 26.6 Å². The molecule has 8 heterocycles. The first-order valence-electron chi connectivity index (χ1n) is 33.1. The van der Waals surface area contributed by atoms with Crippen molar-refractivity contribution in [3.8, 4) is 0 Å². The highest BCUT2D eigenvalue weighted by Crippen LogP contribution is 2.39. The number of rotatable bonds is 27. The summed E-state index contributed by atoms with van der Waals surface area (Å²) in [5.41, 5.74) is 0. The summed E-state index contributed by atoms with van der Waals surface area (Å²) in [6, 6.07) is -8.85. The van der Waals surface area contributed by atoms with Crippen molar-refractivity contribution in [1.29, 1.82) is 0 Å². The van der Waals surface area contributed by atoms with Gasteiger partial charge in [-0.3, -0.25) is 24.0 Å². The van der Waals surface area contributed by atoms with Gasteiger partial charge in [0.15, 0.2) is 50.3 Å². The van der Waals surface area contributed by atoms with E-state index in [9.17, 15) is 131 Å². The van der Waals surface area contributed by atoms with Crippen LogP contribution in [0.5, 0.6) is 0 Å². The second-order valence-corrected chi connectivity index (χ2v) is 26.1. The Hall–Kier alpha value is -4.09. The summed E-state index contributed by atoms with van der Waals surface area (Å²) in [7, 11) is 0. The molecule has 46 nitrogen and oxygen atoms in total. The van der Waals surface area contributed by atoms with Crippen molar-refractivity contribution < 1.29 is 202 Å². The topological polar surface area (TPSA) is 709 Å². The predicted octanol–water partition coefficient (Wildman–Crippen LogP) is -17.7. The molecule has 8 aliphatic heterocycles. The minimum atomic E-state index is -2.53. The molecule has 0 spiro atoms. The van der Waals surface area contributed by atoms with Crippen LogP contribution >= 0.6 is 0 Å². The van der Waals surface area contributed by atoms with Gasteiger partial charge < -0.3 is 205 Å². The van der Waals surface area contributed by atoms with Crippen LogP contribution in [0, 0.1) is 0 Å². The maximum Gasteiger partial charge on any atom is 0.217 e. The van der Waals surface area contributed by atoms with Gasteiger partial charge in [0.05, 0.1) is 52.9 Å². The summed E-state index contributed by atoms with van der Waals surface area (Å²) in [5, 5.41) is 246. The largest absolute Gasteiger partial charge is 0.394 e. The molecule has 0 aromatic heterocycles. The molecule has 26 N–H and O–H groups in total. The fraction of sp³-hybridized carbons (Fsp3) is 0.914. The Labute approximate surface area is 589 Å². The van der Waals surface area contributed by atoms with Crippen molar-refractivity contribution in [3.63, 3.8) is 0 Å². The monoisotopic (exact) mass is 1520 g/mol. The Balaban J connectivity index is 1.18. The van der Waals surface area contributed by atoms with Crippen LogP contribution in [0.15, 0.2) is 0 Å². The molecule has 8 aliphatic rings. The molecule has 8 rings (SSSR count). The fourth-order valence-corrected chi connectivity index (χ4v) is 13.4. The van der Waals surface area contributed by atoms with Gasteiger partial charge in [-0.15, -0.1) is 0 Å². The van der Waals surface area contributed by atoms with Crippen molar-refractivity contribution in [1.82, 2.24) is 26.6 Å². The summed E-state index contributed by atoms with van der Waals surface area (Å²) in [6.07, 6.45) is -72.0. The molecule has 0 radical (unpaired) electrons. The minimum Gasteiger partial charge on any atom is -0.394 e. The van der Waals surface area contributed by atoms with Crippen LogP contribution in [-0.4, -0.2) is 435 Å². The first kappa shape index (κ1) is 85.5. The molecule has 8 fully saturated rings. The van der Waals surface area contributed by atoms with E-state index in [1.54, 1.807) is 0 Å². The summed E-state index contributed by atoms with van der Waals surface area (Å²) >= 11 is 0. The highest BCUT2D eigenvalue weighted by Gasteiger charge is 2.60. The van der Waals surface area contributed by atoms with Gasteiger partial charge in [0.2, 0.25) is 29.5 Å². The van der Waals surface area contributed by atoms with E-state index in [0.29, 0.717) is 0 Å². The van der Waals surface area contributed by atoms with E-state index in [4.69, 9.17) is 71.1 Å². The third kappa shape index (κ3) is 19.2. The van der Waals surface area contributed by atoms with Crippen LogP contribution in [0.4, 0.5) is 0 Å². The zero-order valence-corrected chi connectivity index (χ0v) is 56.3. The molecule has 8 saturated heterocycles. The first-order valence-corrected chi connectivity index (χ1v) is 33.1. The normalized spacial score (nSPS) is 47.2. The van der Waals surface area contributed by atoms with E-state index in [1.807, 2.05) is 0 Å². The molecule has 0 saturated carbocycles. The van der Waals surface area contributed by atoms with Crippen LogP contribution in [0.1, 0.15) is 34.6 Å². The highest BCUT2D eigenvalue weighted by molar-refractivity contribution is 5.75. The molecule has 0 aliphatic carbocycles. The number of aliphatic hydroxyl groups excluding tert-OH is 21. The van der Waals surface area contributed by atoms with Gasteiger partial charge in [-0.2, -0.15) is 0 Å². The number of aliphatic hydroxyl groups is 21.